The summed E-state index contributed by atoms with van der Waals surface area (Å²) in [4.78, 5) is 12.9. The molecule has 0 radical (unpaired) electrons. The number of hydrogen-bond donors (Lipinski definition) is 1. The summed E-state index contributed by atoms with van der Waals surface area (Å²) in [5, 5.41) is 8.82. The maximum atomic E-state index is 10.7. The second kappa shape index (κ2) is 4.15. The van der Waals surface area contributed by atoms with Crippen molar-refractivity contribution in [1.29, 1.82) is 0 Å². The predicted octanol–water partition coefficient (Wildman–Crippen LogP) is 2.08. The van der Waals surface area contributed by atoms with Crippen molar-refractivity contribution in [2.45, 2.75) is 25.3 Å². The lowest BCUT2D eigenvalue weighted by molar-refractivity contribution is -0.147. The van der Waals surface area contributed by atoms with Crippen molar-refractivity contribution in [3.63, 3.8) is 0 Å². The van der Waals surface area contributed by atoms with E-state index < -0.39 is 5.97 Å². The second-order valence-corrected chi connectivity index (χ2v) is 5.25. The van der Waals surface area contributed by atoms with Crippen molar-refractivity contribution in [3.8, 4) is 0 Å². The van der Waals surface area contributed by atoms with E-state index in [1.807, 2.05) is 0 Å². The number of rotatable bonds is 4. The summed E-state index contributed by atoms with van der Waals surface area (Å²) >= 11 is 0. The first-order valence-electron chi connectivity index (χ1n) is 6.26. The third kappa shape index (κ3) is 2.34. The number of carboxylic acids is 1. The number of nitrogens with zero attached hydrogens (tertiary/aromatic N) is 1. The summed E-state index contributed by atoms with van der Waals surface area (Å²) in [6, 6.07) is 8.75. The summed E-state index contributed by atoms with van der Waals surface area (Å²) in [6.45, 7) is 2.29. The van der Waals surface area contributed by atoms with Gasteiger partial charge in [0.1, 0.15) is 0 Å². The van der Waals surface area contributed by atoms with Gasteiger partial charge in [0.25, 0.3) is 0 Å². The molecule has 3 rings (SSSR count). The molecule has 90 valence electrons. The van der Waals surface area contributed by atoms with Crippen LogP contribution in [0.5, 0.6) is 0 Å². The standard InChI is InChI=1S/C14H17NO2/c16-14(17)13-8-15(9-13)7-10-2-1-3-12(6-10)11-4-5-11/h1-3,6,11,13H,4-5,7-9H2,(H,16,17). The van der Waals surface area contributed by atoms with Gasteiger partial charge in [0, 0.05) is 19.6 Å². The van der Waals surface area contributed by atoms with Gasteiger partial charge in [0.2, 0.25) is 0 Å². The molecule has 0 aromatic heterocycles. The van der Waals surface area contributed by atoms with E-state index in [1.165, 1.54) is 24.0 Å². The van der Waals surface area contributed by atoms with Crippen LogP contribution < -0.4 is 0 Å². The molecular weight excluding hydrogens is 214 g/mol. The molecule has 1 saturated carbocycles. The number of carbonyl (C=O) groups is 1. The van der Waals surface area contributed by atoms with Gasteiger partial charge in [-0.2, -0.15) is 0 Å². The van der Waals surface area contributed by atoms with Gasteiger partial charge in [0.05, 0.1) is 5.92 Å². The minimum Gasteiger partial charge on any atom is -0.481 e. The maximum Gasteiger partial charge on any atom is 0.309 e. The largest absolute Gasteiger partial charge is 0.481 e. The molecule has 1 heterocycles. The monoisotopic (exact) mass is 231 g/mol. The molecule has 17 heavy (non-hydrogen) atoms. The molecule has 0 unspecified atom stereocenters. The molecule has 0 spiro atoms. The Balaban J connectivity index is 1.58. The fourth-order valence-corrected chi connectivity index (χ4v) is 2.48. The number of hydrogen-bond acceptors (Lipinski definition) is 2. The number of aliphatic carboxylic acids is 1. The van der Waals surface area contributed by atoms with Crippen LogP contribution in [0.25, 0.3) is 0 Å². The molecule has 3 heteroatoms. The van der Waals surface area contributed by atoms with Crippen LogP contribution in [0, 0.1) is 5.92 Å². The Morgan fingerprint density at radius 1 is 1.35 bits per heavy atom. The van der Waals surface area contributed by atoms with Crippen LogP contribution in [0.4, 0.5) is 0 Å². The van der Waals surface area contributed by atoms with Gasteiger partial charge in [-0.15, -0.1) is 0 Å². The van der Waals surface area contributed by atoms with E-state index in [2.05, 4.69) is 29.2 Å². The molecule has 0 atom stereocenters. The zero-order chi connectivity index (χ0) is 11.8. The Morgan fingerprint density at radius 3 is 2.76 bits per heavy atom. The SMILES string of the molecule is O=C(O)C1CN(Cc2cccc(C3CC3)c2)C1. The lowest BCUT2D eigenvalue weighted by Gasteiger charge is -2.36. The van der Waals surface area contributed by atoms with E-state index in [4.69, 9.17) is 5.11 Å². The fraction of sp³-hybridized carbons (Fsp3) is 0.500. The van der Waals surface area contributed by atoms with Crippen molar-refractivity contribution in [2.75, 3.05) is 13.1 Å². The smallest absolute Gasteiger partial charge is 0.309 e. The van der Waals surface area contributed by atoms with Gasteiger partial charge in [-0.25, -0.2) is 0 Å². The van der Waals surface area contributed by atoms with Gasteiger partial charge in [-0.3, -0.25) is 9.69 Å². The first-order valence-corrected chi connectivity index (χ1v) is 6.26. The van der Waals surface area contributed by atoms with Gasteiger partial charge < -0.3 is 5.11 Å². The molecule has 3 nitrogen and oxygen atoms in total. The summed E-state index contributed by atoms with van der Waals surface area (Å²) in [6.07, 6.45) is 2.66. The van der Waals surface area contributed by atoms with Crippen molar-refractivity contribution in [1.82, 2.24) is 4.90 Å². The predicted molar refractivity (Wildman–Crippen MR) is 64.8 cm³/mol. The van der Waals surface area contributed by atoms with Crippen molar-refractivity contribution < 1.29 is 9.90 Å². The molecule has 0 amide bonds. The summed E-state index contributed by atoms with van der Waals surface area (Å²) in [5.74, 6) is -0.0206. The highest BCUT2D eigenvalue weighted by Crippen LogP contribution is 2.40. The van der Waals surface area contributed by atoms with E-state index in [0.717, 1.165) is 12.5 Å². The van der Waals surface area contributed by atoms with Gasteiger partial charge in [0.15, 0.2) is 0 Å². The van der Waals surface area contributed by atoms with Gasteiger partial charge in [-0.1, -0.05) is 24.3 Å². The molecule has 0 bridgehead atoms. The minimum atomic E-state index is -0.659. The summed E-state index contributed by atoms with van der Waals surface area (Å²) in [7, 11) is 0. The Labute approximate surface area is 101 Å². The quantitative estimate of drug-likeness (QED) is 0.862. The number of likely N-dealkylation sites (tertiary alicyclic amines) is 1. The molecule has 2 aliphatic rings. The van der Waals surface area contributed by atoms with Crippen LogP contribution in [0.15, 0.2) is 24.3 Å². The third-order valence-electron chi connectivity index (χ3n) is 3.71. The molecule has 1 aromatic carbocycles. The Kier molecular flexibility index (Phi) is 2.63. The molecule has 1 aliphatic carbocycles. The normalized spacial score (nSPS) is 21.2. The zero-order valence-electron chi connectivity index (χ0n) is 9.80. The maximum absolute atomic E-state index is 10.7. The average molecular weight is 231 g/mol. The van der Waals surface area contributed by atoms with Crippen LogP contribution in [0.3, 0.4) is 0 Å². The third-order valence-corrected chi connectivity index (χ3v) is 3.71. The van der Waals surface area contributed by atoms with E-state index >= 15 is 0 Å². The van der Waals surface area contributed by atoms with E-state index in [-0.39, 0.29) is 5.92 Å². The summed E-state index contributed by atoms with van der Waals surface area (Å²) in [5.41, 5.74) is 2.77. The van der Waals surface area contributed by atoms with Crippen molar-refractivity contribution in [2.24, 2.45) is 5.92 Å². The molecule has 2 fully saturated rings. The average Bonchev–Trinajstić information content (AvgIpc) is 3.06. The number of benzene rings is 1. The first-order chi connectivity index (χ1) is 8.22. The van der Waals surface area contributed by atoms with Crippen LogP contribution in [0.2, 0.25) is 0 Å². The van der Waals surface area contributed by atoms with Crippen LogP contribution >= 0.6 is 0 Å². The van der Waals surface area contributed by atoms with Crippen molar-refractivity contribution >= 4 is 5.97 Å². The highest BCUT2D eigenvalue weighted by molar-refractivity contribution is 5.71. The topological polar surface area (TPSA) is 40.5 Å². The molecule has 1 aromatic rings. The van der Waals surface area contributed by atoms with Crippen LogP contribution in [-0.2, 0) is 11.3 Å². The molecular formula is C14H17NO2. The molecule has 1 N–H and O–H groups in total. The molecule has 1 saturated heterocycles. The highest BCUT2D eigenvalue weighted by Gasteiger charge is 2.32. The van der Waals surface area contributed by atoms with Gasteiger partial charge in [-0.05, 0) is 29.9 Å². The van der Waals surface area contributed by atoms with Crippen LogP contribution in [-0.4, -0.2) is 29.1 Å². The second-order valence-electron chi connectivity index (χ2n) is 5.25. The first kappa shape index (κ1) is 10.8. The fourth-order valence-electron chi connectivity index (χ4n) is 2.48. The van der Waals surface area contributed by atoms with Gasteiger partial charge >= 0.3 is 5.97 Å². The lowest BCUT2D eigenvalue weighted by Crippen LogP contribution is -2.49. The Morgan fingerprint density at radius 2 is 2.12 bits per heavy atom. The lowest BCUT2D eigenvalue weighted by atomic mass is 9.99. The highest BCUT2D eigenvalue weighted by atomic mass is 16.4. The van der Waals surface area contributed by atoms with E-state index in [0.29, 0.717) is 13.1 Å². The van der Waals surface area contributed by atoms with E-state index in [1.54, 1.807) is 0 Å². The van der Waals surface area contributed by atoms with E-state index in [9.17, 15) is 4.79 Å². The van der Waals surface area contributed by atoms with Crippen LogP contribution in [0.1, 0.15) is 29.9 Å². The van der Waals surface area contributed by atoms with Crippen molar-refractivity contribution in [3.05, 3.63) is 35.4 Å². The number of carboxylic acid groups (broad SMARTS) is 1. The Bertz CT molecular complexity index is 434. The Hall–Kier alpha value is -1.35. The minimum absolute atomic E-state index is 0.151. The molecule has 1 aliphatic heterocycles. The summed E-state index contributed by atoms with van der Waals surface area (Å²) < 4.78 is 0. The zero-order valence-corrected chi connectivity index (χ0v) is 9.80.